The van der Waals surface area contributed by atoms with Crippen LogP contribution in [0.3, 0.4) is 0 Å². The van der Waals surface area contributed by atoms with E-state index in [0.29, 0.717) is 0 Å². The van der Waals surface area contributed by atoms with Gasteiger partial charge in [0.05, 0.1) is 0 Å². The maximum Gasteiger partial charge on any atom is 0.0319 e. The van der Waals surface area contributed by atoms with Crippen LogP contribution in [0.2, 0.25) is 0 Å². The van der Waals surface area contributed by atoms with Gasteiger partial charge >= 0.3 is 0 Å². The van der Waals surface area contributed by atoms with Gasteiger partial charge in [-0.3, -0.25) is 0 Å². The minimum atomic E-state index is 1.18. The molecular formula is C7H6BrIS. The Balaban J connectivity index is 3.04. The van der Waals surface area contributed by atoms with Crippen molar-refractivity contribution in [2.24, 2.45) is 0 Å². The third-order valence-electron chi connectivity index (χ3n) is 1.13. The summed E-state index contributed by atoms with van der Waals surface area (Å²) in [5.74, 6) is 0. The smallest absolute Gasteiger partial charge is 0.0319 e. The van der Waals surface area contributed by atoms with E-state index < -0.39 is 0 Å². The van der Waals surface area contributed by atoms with E-state index in [4.69, 9.17) is 0 Å². The Hall–Kier alpha value is 0.780. The number of rotatable bonds is 1. The van der Waals surface area contributed by atoms with Gasteiger partial charge in [0, 0.05) is 12.9 Å². The molecule has 0 aliphatic carbocycles. The summed E-state index contributed by atoms with van der Waals surface area (Å²) in [4.78, 5) is 1.30. The largest absolute Gasteiger partial charge is 0.130 e. The summed E-state index contributed by atoms with van der Waals surface area (Å²) in [7, 11) is 0. The Bertz CT molecular complexity index is 237. The van der Waals surface area contributed by atoms with Gasteiger partial charge in [-0.2, -0.15) is 0 Å². The van der Waals surface area contributed by atoms with Crippen LogP contribution in [-0.4, -0.2) is 6.26 Å². The number of hydrogen-bond donors (Lipinski definition) is 0. The minimum absolute atomic E-state index is 1.18. The Labute approximate surface area is 87.0 Å². The quantitative estimate of drug-likeness (QED) is 0.558. The fourth-order valence-corrected chi connectivity index (χ4v) is 1.91. The van der Waals surface area contributed by atoms with Crippen molar-refractivity contribution in [3.63, 3.8) is 0 Å². The van der Waals surface area contributed by atoms with E-state index in [1.54, 1.807) is 11.8 Å². The molecule has 0 aliphatic rings. The first kappa shape index (κ1) is 8.87. The SMILES string of the molecule is CSc1ccc(I)c(Br)c1. The zero-order chi connectivity index (χ0) is 7.56. The molecule has 0 heterocycles. The van der Waals surface area contributed by atoms with Gasteiger partial charge in [0.2, 0.25) is 0 Å². The first-order valence-corrected chi connectivity index (χ1v) is 5.82. The van der Waals surface area contributed by atoms with E-state index in [0.717, 1.165) is 0 Å². The highest BCUT2D eigenvalue weighted by Crippen LogP contribution is 2.24. The molecule has 10 heavy (non-hydrogen) atoms. The van der Waals surface area contributed by atoms with Crippen molar-refractivity contribution in [1.29, 1.82) is 0 Å². The van der Waals surface area contributed by atoms with E-state index in [1.165, 1.54) is 12.9 Å². The zero-order valence-corrected chi connectivity index (χ0v) is 9.96. The molecule has 0 atom stereocenters. The van der Waals surface area contributed by atoms with Gasteiger partial charge in [0.1, 0.15) is 0 Å². The topological polar surface area (TPSA) is 0 Å². The van der Waals surface area contributed by atoms with Crippen molar-refractivity contribution < 1.29 is 0 Å². The molecule has 0 aliphatic heterocycles. The summed E-state index contributed by atoms with van der Waals surface area (Å²) < 4.78 is 2.44. The van der Waals surface area contributed by atoms with Crippen molar-refractivity contribution in [2.45, 2.75) is 4.90 Å². The normalized spacial score (nSPS) is 9.90. The number of halogens is 2. The zero-order valence-electron chi connectivity index (χ0n) is 5.40. The Morgan fingerprint density at radius 3 is 2.70 bits per heavy atom. The Morgan fingerprint density at radius 1 is 1.50 bits per heavy atom. The summed E-state index contributed by atoms with van der Waals surface area (Å²) in [5.41, 5.74) is 0. The van der Waals surface area contributed by atoms with Crippen LogP contribution in [0.5, 0.6) is 0 Å². The molecule has 0 radical (unpaired) electrons. The lowest BCUT2D eigenvalue weighted by Gasteiger charge is -1.97. The molecule has 3 heteroatoms. The molecule has 0 unspecified atom stereocenters. The number of benzene rings is 1. The standard InChI is InChI=1S/C7H6BrIS/c1-10-5-2-3-7(9)6(8)4-5/h2-4H,1H3. The van der Waals surface area contributed by atoms with Crippen molar-refractivity contribution >= 4 is 50.3 Å². The average molecular weight is 329 g/mol. The van der Waals surface area contributed by atoms with Gasteiger partial charge in [-0.15, -0.1) is 11.8 Å². The summed E-state index contributed by atoms with van der Waals surface area (Å²) in [5, 5.41) is 0. The van der Waals surface area contributed by atoms with E-state index in [1.807, 2.05) is 0 Å². The maximum absolute atomic E-state index is 3.47. The van der Waals surface area contributed by atoms with Crippen LogP contribution < -0.4 is 0 Å². The molecule has 0 bridgehead atoms. The molecule has 0 saturated carbocycles. The minimum Gasteiger partial charge on any atom is -0.130 e. The average Bonchev–Trinajstić information content (AvgIpc) is 1.95. The van der Waals surface area contributed by atoms with Crippen molar-refractivity contribution in [3.8, 4) is 0 Å². The molecular weight excluding hydrogens is 323 g/mol. The van der Waals surface area contributed by atoms with Gasteiger partial charge in [0.15, 0.2) is 0 Å². The molecule has 0 nitrogen and oxygen atoms in total. The second kappa shape index (κ2) is 3.97. The van der Waals surface area contributed by atoms with Gasteiger partial charge < -0.3 is 0 Å². The fraction of sp³-hybridized carbons (Fsp3) is 0.143. The second-order valence-electron chi connectivity index (χ2n) is 1.78. The van der Waals surface area contributed by atoms with E-state index in [9.17, 15) is 0 Å². The maximum atomic E-state index is 3.47. The predicted octanol–water partition coefficient (Wildman–Crippen LogP) is 3.78. The van der Waals surface area contributed by atoms with E-state index in [2.05, 4.69) is 63.0 Å². The van der Waals surface area contributed by atoms with Crippen LogP contribution in [0.4, 0.5) is 0 Å². The van der Waals surface area contributed by atoms with Crippen LogP contribution in [0, 0.1) is 3.57 Å². The fourth-order valence-electron chi connectivity index (χ4n) is 0.604. The molecule has 0 N–H and O–H groups in total. The summed E-state index contributed by atoms with van der Waals surface area (Å²) >= 11 is 7.53. The van der Waals surface area contributed by atoms with Gasteiger partial charge in [-0.1, -0.05) is 0 Å². The third-order valence-corrected chi connectivity index (χ3v) is 4.19. The van der Waals surface area contributed by atoms with Gasteiger partial charge in [-0.25, -0.2) is 0 Å². The molecule has 0 fully saturated rings. The second-order valence-corrected chi connectivity index (χ2v) is 4.68. The van der Waals surface area contributed by atoms with Gasteiger partial charge in [-0.05, 0) is 63.0 Å². The molecule has 54 valence electrons. The first-order valence-electron chi connectivity index (χ1n) is 2.73. The third kappa shape index (κ3) is 2.13. The van der Waals surface area contributed by atoms with Crippen molar-refractivity contribution in [3.05, 3.63) is 26.2 Å². The number of thioether (sulfide) groups is 1. The van der Waals surface area contributed by atoms with Crippen molar-refractivity contribution in [2.75, 3.05) is 6.26 Å². The molecule has 0 aromatic heterocycles. The summed E-state index contributed by atoms with van der Waals surface area (Å²) in [6.07, 6.45) is 2.08. The summed E-state index contributed by atoms with van der Waals surface area (Å²) in [6.45, 7) is 0. The molecule has 1 aromatic rings. The lowest BCUT2D eigenvalue weighted by molar-refractivity contribution is 1.41. The highest BCUT2D eigenvalue weighted by molar-refractivity contribution is 14.1. The van der Waals surface area contributed by atoms with Crippen molar-refractivity contribution in [1.82, 2.24) is 0 Å². The highest BCUT2D eigenvalue weighted by atomic mass is 127. The Morgan fingerprint density at radius 2 is 2.20 bits per heavy atom. The monoisotopic (exact) mass is 328 g/mol. The number of hydrogen-bond acceptors (Lipinski definition) is 1. The highest BCUT2D eigenvalue weighted by Gasteiger charge is 1.95. The summed E-state index contributed by atoms with van der Waals surface area (Å²) in [6, 6.07) is 6.36. The molecule has 1 aromatic carbocycles. The van der Waals surface area contributed by atoms with E-state index in [-0.39, 0.29) is 0 Å². The van der Waals surface area contributed by atoms with Crippen LogP contribution in [0.25, 0.3) is 0 Å². The molecule has 0 amide bonds. The molecule has 0 spiro atoms. The lowest BCUT2D eigenvalue weighted by atomic mass is 10.4. The van der Waals surface area contributed by atoms with Crippen LogP contribution in [0.1, 0.15) is 0 Å². The van der Waals surface area contributed by atoms with Crippen LogP contribution >= 0.6 is 50.3 Å². The van der Waals surface area contributed by atoms with E-state index >= 15 is 0 Å². The Kier molecular flexibility index (Phi) is 3.52. The van der Waals surface area contributed by atoms with Crippen LogP contribution in [0.15, 0.2) is 27.6 Å². The predicted molar refractivity (Wildman–Crippen MR) is 58.6 cm³/mol. The lowest BCUT2D eigenvalue weighted by Crippen LogP contribution is -1.74. The molecule has 1 rings (SSSR count). The van der Waals surface area contributed by atoms with Crippen LogP contribution in [-0.2, 0) is 0 Å². The first-order chi connectivity index (χ1) is 4.74. The molecule has 0 saturated heterocycles. The van der Waals surface area contributed by atoms with Gasteiger partial charge in [0.25, 0.3) is 0 Å².